The molecule has 3 aliphatic rings. The van der Waals surface area contributed by atoms with Crippen molar-refractivity contribution in [2.24, 2.45) is 17.3 Å². The Morgan fingerprint density at radius 2 is 2.35 bits per heavy atom. The van der Waals surface area contributed by atoms with Gasteiger partial charge in [-0.3, -0.25) is 0 Å². The zero-order valence-corrected chi connectivity index (χ0v) is 10.8. The van der Waals surface area contributed by atoms with Crippen LogP contribution in [0.15, 0.2) is 24.3 Å². The van der Waals surface area contributed by atoms with Gasteiger partial charge in [-0.25, -0.2) is 0 Å². The number of fused-ring (bicyclic) bond motifs is 3. The van der Waals surface area contributed by atoms with Crippen molar-refractivity contribution in [3.63, 3.8) is 0 Å². The van der Waals surface area contributed by atoms with Crippen molar-refractivity contribution in [1.29, 1.82) is 0 Å². The van der Waals surface area contributed by atoms with Crippen LogP contribution in [0.2, 0.25) is 0 Å². The molecule has 2 aliphatic carbocycles. The van der Waals surface area contributed by atoms with E-state index in [1.54, 1.807) is 0 Å². The van der Waals surface area contributed by atoms with E-state index >= 15 is 0 Å². The predicted molar refractivity (Wildman–Crippen MR) is 67.6 cm³/mol. The van der Waals surface area contributed by atoms with E-state index in [9.17, 15) is 0 Å². The van der Waals surface area contributed by atoms with Gasteiger partial charge in [0.2, 0.25) is 0 Å². The number of hydrogen-bond acceptors (Lipinski definition) is 2. The summed E-state index contributed by atoms with van der Waals surface area (Å²) in [6, 6.07) is 0. The van der Waals surface area contributed by atoms with Crippen LogP contribution in [0.25, 0.3) is 0 Å². The average molecular weight is 234 g/mol. The van der Waals surface area contributed by atoms with E-state index in [0.29, 0.717) is 23.4 Å². The van der Waals surface area contributed by atoms with Crippen LogP contribution in [0, 0.1) is 17.3 Å². The summed E-state index contributed by atoms with van der Waals surface area (Å²) >= 11 is 0. The molecule has 17 heavy (non-hydrogen) atoms. The molecule has 0 amide bonds. The third-order valence-electron chi connectivity index (χ3n) is 5.40. The summed E-state index contributed by atoms with van der Waals surface area (Å²) in [7, 11) is 0. The van der Waals surface area contributed by atoms with Crippen LogP contribution in [0.5, 0.6) is 0 Å². The molecule has 94 valence electrons. The van der Waals surface area contributed by atoms with E-state index in [1.165, 1.54) is 6.42 Å². The molecule has 1 saturated carbocycles. The molecule has 2 heteroatoms. The lowest BCUT2D eigenvalue weighted by molar-refractivity contribution is 0.0609. The molecule has 2 nitrogen and oxygen atoms in total. The zero-order valence-electron chi connectivity index (χ0n) is 10.8. The van der Waals surface area contributed by atoms with Crippen molar-refractivity contribution in [1.82, 2.24) is 0 Å². The fourth-order valence-corrected chi connectivity index (χ4v) is 4.12. The number of epoxide rings is 1. The van der Waals surface area contributed by atoms with Crippen LogP contribution < -0.4 is 0 Å². The van der Waals surface area contributed by atoms with E-state index in [-0.39, 0.29) is 12.2 Å². The third kappa shape index (κ3) is 1.40. The molecule has 0 aromatic carbocycles. The zero-order chi connectivity index (χ0) is 12.3. The highest BCUT2D eigenvalue weighted by molar-refractivity contribution is 5.28. The molecule has 1 saturated heterocycles. The van der Waals surface area contributed by atoms with Gasteiger partial charge in [0.05, 0.1) is 18.3 Å². The van der Waals surface area contributed by atoms with Crippen molar-refractivity contribution >= 4 is 0 Å². The molecular weight excluding hydrogens is 212 g/mol. The number of hydrogen-bond donors (Lipinski definition) is 1. The number of allylic oxidation sites excluding steroid dienone is 2. The van der Waals surface area contributed by atoms with Crippen molar-refractivity contribution in [2.75, 3.05) is 6.61 Å². The highest BCUT2D eigenvalue weighted by atomic mass is 16.6. The van der Waals surface area contributed by atoms with Gasteiger partial charge in [-0.05, 0) is 30.3 Å². The van der Waals surface area contributed by atoms with E-state index in [2.05, 4.69) is 32.6 Å². The summed E-state index contributed by atoms with van der Waals surface area (Å²) < 4.78 is 6.05. The topological polar surface area (TPSA) is 32.8 Å². The number of aliphatic hydroxyl groups is 1. The van der Waals surface area contributed by atoms with Crippen LogP contribution in [-0.4, -0.2) is 23.4 Å². The van der Waals surface area contributed by atoms with E-state index in [1.807, 2.05) is 0 Å². The van der Waals surface area contributed by atoms with Crippen molar-refractivity contribution < 1.29 is 9.84 Å². The van der Waals surface area contributed by atoms with E-state index in [0.717, 1.165) is 18.4 Å². The Balaban J connectivity index is 1.84. The maximum absolute atomic E-state index is 9.13. The maximum Gasteiger partial charge on any atom is 0.0997 e. The SMILES string of the molecule is C=C(CO)CC12CC3C=CCC(C)C3(C)C1O2. The Labute approximate surface area is 103 Å². The average Bonchev–Trinajstić information content (AvgIpc) is 2.94. The van der Waals surface area contributed by atoms with Crippen LogP contribution in [0.3, 0.4) is 0 Å². The minimum atomic E-state index is 0.00215. The molecule has 1 N–H and O–H groups in total. The van der Waals surface area contributed by atoms with Crippen LogP contribution >= 0.6 is 0 Å². The molecule has 5 unspecified atom stereocenters. The fourth-order valence-electron chi connectivity index (χ4n) is 4.12. The van der Waals surface area contributed by atoms with Crippen LogP contribution in [0.4, 0.5) is 0 Å². The quantitative estimate of drug-likeness (QED) is 0.601. The monoisotopic (exact) mass is 234 g/mol. The normalized spacial score (nSPS) is 50.9. The van der Waals surface area contributed by atoms with Gasteiger partial charge in [0.25, 0.3) is 0 Å². The molecule has 5 atom stereocenters. The lowest BCUT2D eigenvalue weighted by Crippen LogP contribution is -2.36. The Bertz CT molecular complexity index is 386. The number of aliphatic hydroxyl groups excluding tert-OH is 1. The lowest BCUT2D eigenvalue weighted by atomic mass is 9.65. The van der Waals surface area contributed by atoms with Gasteiger partial charge >= 0.3 is 0 Å². The standard InChI is InChI=1S/C15H22O2/c1-10(9-16)7-15-8-12-6-4-5-11(2)14(12,3)13(15)17-15/h4,6,11-13,16H,1,5,7-9H2,2-3H3. The first-order valence-corrected chi connectivity index (χ1v) is 6.65. The third-order valence-corrected chi connectivity index (χ3v) is 5.40. The molecule has 0 spiro atoms. The molecule has 2 fully saturated rings. The van der Waals surface area contributed by atoms with Gasteiger partial charge < -0.3 is 9.84 Å². The van der Waals surface area contributed by atoms with E-state index < -0.39 is 0 Å². The van der Waals surface area contributed by atoms with E-state index in [4.69, 9.17) is 9.84 Å². The van der Waals surface area contributed by atoms with Crippen molar-refractivity contribution in [2.45, 2.75) is 44.8 Å². The Morgan fingerprint density at radius 3 is 3.00 bits per heavy atom. The summed E-state index contributed by atoms with van der Waals surface area (Å²) in [6.07, 6.45) is 8.21. The largest absolute Gasteiger partial charge is 0.392 e. The first kappa shape index (κ1) is 11.5. The minimum absolute atomic E-state index is 0.00215. The Morgan fingerprint density at radius 1 is 1.59 bits per heavy atom. The first-order chi connectivity index (χ1) is 8.03. The molecule has 3 rings (SSSR count). The summed E-state index contributed by atoms with van der Waals surface area (Å²) in [5.74, 6) is 1.34. The minimum Gasteiger partial charge on any atom is -0.392 e. The maximum atomic E-state index is 9.13. The molecular formula is C15H22O2. The smallest absolute Gasteiger partial charge is 0.0997 e. The van der Waals surface area contributed by atoms with Crippen molar-refractivity contribution in [3.05, 3.63) is 24.3 Å². The van der Waals surface area contributed by atoms with Gasteiger partial charge in [0.15, 0.2) is 0 Å². The Kier molecular flexibility index (Phi) is 2.34. The summed E-state index contributed by atoms with van der Waals surface area (Å²) in [6.45, 7) is 8.73. The molecule has 0 aromatic heterocycles. The first-order valence-electron chi connectivity index (χ1n) is 6.65. The van der Waals surface area contributed by atoms with Gasteiger partial charge in [-0.15, -0.1) is 0 Å². The second kappa shape index (κ2) is 3.46. The number of rotatable bonds is 3. The highest BCUT2D eigenvalue weighted by Gasteiger charge is 2.73. The van der Waals surface area contributed by atoms with Crippen molar-refractivity contribution in [3.8, 4) is 0 Å². The second-order valence-electron chi connectivity index (χ2n) is 6.39. The summed E-state index contributed by atoms with van der Waals surface area (Å²) in [5, 5.41) is 9.13. The Hall–Kier alpha value is -0.600. The molecule has 1 heterocycles. The summed E-state index contributed by atoms with van der Waals surface area (Å²) in [5.41, 5.74) is 1.21. The fraction of sp³-hybridized carbons (Fsp3) is 0.733. The predicted octanol–water partition coefficient (Wildman–Crippen LogP) is 2.68. The van der Waals surface area contributed by atoms with Gasteiger partial charge in [0, 0.05) is 11.8 Å². The second-order valence-corrected chi connectivity index (χ2v) is 6.39. The molecule has 0 bridgehead atoms. The summed E-state index contributed by atoms with van der Waals surface area (Å²) in [4.78, 5) is 0. The lowest BCUT2D eigenvalue weighted by Gasteiger charge is -2.39. The molecule has 0 aromatic rings. The number of ether oxygens (including phenoxy) is 1. The van der Waals surface area contributed by atoms with Gasteiger partial charge in [0.1, 0.15) is 0 Å². The van der Waals surface area contributed by atoms with Gasteiger partial charge in [-0.1, -0.05) is 32.6 Å². The molecule has 1 aliphatic heterocycles. The van der Waals surface area contributed by atoms with Crippen LogP contribution in [0.1, 0.15) is 33.1 Å². The molecule has 0 radical (unpaired) electrons. The van der Waals surface area contributed by atoms with Gasteiger partial charge in [-0.2, -0.15) is 0 Å². The van der Waals surface area contributed by atoms with Crippen LogP contribution in [-0.2, 0) is 4.74 Å². The highest BCUT2D eigenvalue weighted by Crippen LogP contribution is 2.68.